The summed E-state index contributed by atoms with van der Waals surface area (Å²) < 4.78 is 1.30. The largest absolute Gasteiger partial charge is 0.348 e. The van der Waals surface area contributed by atoms with Gasteiger partial charge in [-0.2, -0.15) is 5.10 Å². The molecular formula is C15H18N6O3. The molecule has 1 amide bonds. The molecule has 3 rings (SSSR count). The number of hydrogen-bond donors (Lipinski definition) is 2. The molecule has 2 atom stereocenters. The summed E-state index contributed by atoms with van der Waals surface area (Å²) in [7, 11) is 0. The predicted octanol–water partition coefficient (Wildman–Crippen LogP) is 0.903. The average molecular weight is 330 g/mol. The van der Waals surface area contributed by atoms with Crippen molar-refractivity contribution in [1.29, 1.82) is 0 Å². The molecule has 0 radical (unpaired) electrons. The fraction of sp³-hybridized carbons (Fsp3) is 0.400. The molecule has 1 aliphatic rings. The standard InChI is InChI=1S/C15H18N6O3/c1-10-4-5-16-7-12(10)19-15(22)11-2-3-13(14(6-11)21(23)24)20-9-17-8-18-20/h2-3,6,8-10,12,16H,4-5,7H2,1H3,(H,19,22). The van der Waals surface area contributed by atoms with E-state index >= 15 is 0 Å². The Kier molecular flexibility index (Phi) is 4.52. The van der Waals surface area contributed by atoms with E-state index in [0.29, 0.717) is 12.5 Å². The maximum atomic E-state index is 12.4. The summed E-state index contributed by atoms with van der Waals surface area (Å²) in [6.45, 7) is 3.72. The Labute approximate surface area is 138 Å². The van der Waals surface area contributed by atoms with E-state index in [1.807, 2.05) is 0 Å². The Morgan fingerprint density at radius 3 is 3.00 bits per heavy atom. The number of aromatic nitrogens is 3. The highest BCUT2D eigenvalue weighted by molar-refractivity contribution is 5.95. The van der Waals surface area contributed by atoms with Gasteiger partial charge < -0.3 is 10.6 Å². The van der Waals surface area contributed by atoms with Crippen molar-refractivity contribution < 1.29 is 9.72 Å². The fourth-order valence-electron chi connectivity index (χ4n) is 2.77. The summed E-state index contributed by atoms with van der Waals surface area (Å²) >= 11 is 0. The molecule has 0 bridgehead atoms. The van der Waals surface area contributed by atoms with Crippen molar-refractivity contribution in [2.45, 2.75) is 19.4 Å². The Hall–Kier alpha value is -2.81. The van der Waals surface area contributed by atoms with Crippen molar-refractivity contribution in [1.82, 2.24) is 25.4 Å². The molecule has 126 valence electrons. The highest BCUT2D eigenvalue weighted by atomic mass is 16.6. The number of nitrogens with one attached hydrogen (secondary N) is 2. The minimum atomic E-state index is -0.529. The lowest BCUT2D eigenvalue weighted by atomic mass is 9.94. The van der Waals surface area contributed by atoms with E-state index < -0.39 is 4.92 Å². The van der Waals surface area contributed by atoms with Crippen LogP contribution in [0.25, 0.3) is 5.69 Å². The maximum Gasteiger partial charge on any atom is 0.295 e. The summed E-state index contributed by atoms with van der Waals surface area (Å²) in [5, 5.41) is 21.4. The third-order valence-corrected chi connectivity index (χ3v) is 4.24. The molecule has 0 saturated carbocycles. The molecule has 1 aromatic carbocycles. The van der Waals surface area contributed by atoms with Crippen LogP contribution in [0.15, 0.2) is 30.9 Å². The number of benzene rings is 1. The van der Waals surface area contributed by atoms with Gasteiger partial charge in [0.15, 0.2) is 0 Å². The first-order valence-corrected chi connectivity index (χ1v) is 7.71. The van der Waals surface area contributed by atoms with Crippen LogP contribution >= 0.6 is 0 Å². The molecule has 2 aromatic rings. The van der Waals surface area contributed by atoms with Crippen molar-refractivity contribution >= 4 is 11.6 Å². The van der Waals surface area contributed by atoms with Gasteiger partial charge in [-0.25, -0.2) is 9.67 Å². The number of hydrogen-bond acceptors (Lipinski definition) is 6. The van der Waals surface area contributed by atoms with Crippen LogP contribution < -0.4 is 10.6 Å². The average Bonchev–Trinajstić information content (AvgIpc) is 3.10. The topological polar surface area (TPSA) is 115 Å². The second kappa shape index (κ2) is 6.75. The van der Waals surface area contributed by atoms with Gasteiger partial charge in [-0.1, -0.05) is 6.92 Å². The number of amides is 1. The molecule has 1 fully saturated rings. The van der Waals surface area contributed by atoms with E-state index in [9.17, 15) is 14.9 Å². The molecule has 2 heterocycles. The van der Waals surface area contributed by atoms with Gasteiger partial charge in [-0.15, -0.1) is 0 Å². The van der Waals surface area contributed by atoms with Gasteiger partial charge in [0.25, 0.3) is 11.6 Å². The first-order chi connectivity index (χ1) is 11.6. The first-order valence-electron chi connectivity index (χ1n) is 7.71. The van der Waals surface area contributed by atoms with Gasteiger partial charge in [0.2, 0.25) is 0 Å². The molecule has 2 unspecified atom stereocenters. The summed E-state index contributed by atoms with van der Waals surface area (Å²) in [5.41, 5.74) is 0.327. The van der Waals surface area contributed by atoms with E-state index in [-0.39, 0.29) is 28.9 Å². The Morgan fingerprint density at radius 1 is 1.50 bits per heavy atom. The van der Waals surface area contributed by atoms with E-state index in [1.54, 1.807) is 6.07 Å². The predicted molar refractivity (Wildman–Crippen MR) is 85.9 cm³/mol. The molecule has 1 saturated heterocycles. The van der Waals surface area contributed by atoms with Gasteiger partial charge in [0.1, 0.15) is 18.3 Å². The Morgan fingerprint density at radius 2 is 2.33 bits per heavy atom. The zero-order valence-corrected chi connectivity index (χ0v) is 13.2. The van der Waals surface area contributed by atoms with Crippen LogP contribution in [0.1, 0.15) is 23.7 Å². The lowest BCUT2D eigenvalue weighted by Crippen LogP contribution is -2.50. The number of carbonyl (C=O) groups is 1. The minimum absolute atomic E-state index is 0.0142. The molecular weight excluding hydrogens is 312 g/mol. The Balaban J connectivity index is 1.84. The Bertz CT molecular complexity index is 746. The fourth-order valence-corrected chi connectivity index (χ4v) is 2.77. The minimum Gasteiger partial charge on any atom is -0.348 e. The monoisotopic (exact) mass is 330 g/mol. The normalized spacial score (nSPS) is 20.5. The van der Waals surface area contributed by atoms with Crippen molar-refractivity contribution in [2.24, 2.45) is 5.92 Å². The van der Waals surface area contributed by atoms with E-state index in [1.165, 1.54) is 29.5 Å². The van der Waals surface area contributed by atoms with Crippen molar-refractivity contribution in [3.05, 3.63) is 46.5 Å². The van der Waals surface area contributed by atoms with Gasteiger partial charge in [-0.05, 0) is 31.0 Å². The van der Waals surface area contributed by atoms with Crippen LogP contribution in [0.4, 0.5) is 5.69 Å². The lowest BCUT2D eigenvalue weighted by molar-refractivity contribution is -0.384. The van der Waals surface area contributed by atoms with Gasteiger partial charge in [0.05, 0.1) is 4.92 Å². The van der Waals surface area contributed by atoms with E-state index in [2.05, 4.69) is 27.6 Å². The van der Waals surface area contributed by atoms with E-state index in [4.69, 9.17) is 0 Å². The zero-order valence-electron chi connectivity index (χ0n) is 13.2. The second-order valence-corrected chi connectivity index (χ2v) is 5.85. The zero-order chi connectivity index (χ0) is 17.1. The number of nitrogens with zero attached hydrogens (tertiary/aromatic N) is 4. The van der Waals surface area contributed by atoms with Crippen LogP contribution in [0.2, 0.25) is 0 Å². The molecule has 2 N–H and O–H groups in total. The summed E-state index contributed by atoms with van der Waals surface area (Å²) in [6.07, 6.45) is 3.65. The highest BCUT2D eigenvalue weighted by Gasteiger charge is 2.25. The molecule has 9 nitrogen and oxygen atoms in total. The van der Waals surface area contributed by atoms with Crippen LogP contribution in [-0.2, 0) is 0 Å². The van der Waals surface area contributed by atoms with Crippen LogP contribution in [0, 0.1) is 16.0 Å². The number of nitro groups is 1. The summed E-state index contributed by atoms with van der Waals surface area (Å²) in [4.78, 5) is 27.0. The molecule has 9 heteroatoms. The number of rotatable bonds is 4. The number of carbonyl (C=O) groups excluding carboxylic acids is 1. The molecule has 0 aliphatic carbocycles. The third kappa shape index (κ3) is 3.25. The van der Waals surface area contributed by atoms with Gasteiger partial charge >= 0.3 is 0 Å². The molecule has 24 heavy (non-hydrogen) atoms. The first kappa shape index (κ1) is 16.1. The molecule has 1 aliphatic heterocycles. The molecule has 0 spiro atoms. The quantitative estimate of drug-likeness (QED) is 0.636. The SMILES string of the molecule is CC1CCNCC1NC(=O)c1ccc(-n2cncn2)c([N+](=O)[O-])c1. The lowest BCUT2D eigenvalue weighted by Gasteiger charge is -2.30. The molecule has 1 aromatic heterocycles. The third-order valence-electron chi connectivity index (χ3n) is 4.24. The van der Waals surface area contributed by atoms with Crippen molar-refractivity contribution in [3.63, 3.8) is 0 Å². The summed E-state index contributed by atoms with van der Waals surface area (Å²) in [6, 6.07) is 4.35. The van der Waals surface area contributed by atoms with E-state index in [0.717, 1.165) is 13.0 Å². The second-order valence-electron chi connectivity index (χ2n) is 5.85. The van der Waals surface area contributed by atoms with Crippen LogP contribution in [0.3, 0.4) is 0 Å². The van der Waals surface area contributed by atoms with Crippen molar-refractivity contribution in [2.75, 3.05) is 13.1 Å². The highest BCUT2D eigenvalue weighted by Crippen LogP contribution is 2.23. The number of piperidine rings is 1. The van der Waals surface area contributed by atoms with Gasteiger partial charge in [0, 0.05) is 24.2 Å². The van der Waals surface area contributed by atoms with Crippen molar-refractivity contribution in [3.8, 4) is 5.69 Å². The maximum absolute atomic E-state index is 12.4. The summed E-state index contributed by atoms with van der Waals surface area (Å²) in [5.74, 6) is 0.0448. The van der Waals surface area contributed by atoms with Crippen LogP contribution in [0.5, 0.6) is 0 Å². The number of nitro benzene ring substituents is 1. The smallest absolute Gasteiger partial charge is 0.295 e. The van der Waals surface area contributed by atoms with Crippen LogP contribution in [-0.4, -0.2) is 44.7 Å². The van der Waals surface area contributed by atoms with Gasteiger partial charge in [-0.3, -0.25) is 14.9 Å².